The van der Waals surface area contributed by atoms with Crippen LogP contribution in [0, 0.1) is 6.92 Å². The summed E-state index contributed by atoms with van der Waals surface area (Å²) in [5.41, 5.74) is 4.50. The second-order valence-corrected chi connectivity index (χ2v) is 6.50. The van der Waals surface area contributed by atoms with Gasteiger partial charge in [0, 0.05) is 24.0 Å². The summed E-state index contributed by atoms with van der Waals surface area (Å²) >= 11 is 0. The van der Waals surface area contributed by atoms with Crippen LogP contribution in [0.2, 0.25) is 0 Å². The van der Waals surface area contributed by atoms with Gasteiger partial charge in [0.15, 0.2) is 5.82 Å². The molecule has 0 amide bonds. The van der Waals surface area contributed by atoms with Crippen molar-refractivity contribution in [3.63, 3.8) is 0 Å². The molecule has 4 heteroatoms. The zero-order chi connectivity index (χ0) is 15.1. The number of rotatable bonds is 2. The molecule has 0 spiro atoms. The molecule has 4 rings (SSSR count). The molecule has 0 atom stereocenters. The maximum atomic E-state index is 4.58. The minimum Gasteiger partial charge on any atom is -0.355 e. The fourth-order valence-corrected chi connectivity index (χ4v) is 3.70. The fraction of sp³-hybridized carbons (Fsp3) is 0.444. The van der Waals surface area contributed by atoms with Crippen LogP contribution in [0.5, 0.6) is 0 Å². The minimum atomic E-state index is 0.597. The van der Waals surface area contributed by atoms with E-state index < -0.39 is 0 Å². The molecule has 2 aromatic heterocycles. The fourth-order valence-electron chi connectivity index (χ4n) is 3.70. The van der Waals surface area contributed by atoms with Gasteiger partial charge in [-0.15, -0.1) is 0 Å². The monoisotopic (exact) mass is 294 g/mol. The van der Waals surface area contributed by atoms with Crippen molar-refractivity contribution in [2.24, 2.45) is 0 Å². The van der Waals surface area contributed by atoms with Crippen LogP contribution >= 0.6 is 0 Å². The molecule has 22 heavy (non-hydrogen) atoms. The Bertz CT molecular complexity index is 814. The van der Waals surface area contributed by atoms with Crippen molar-refractivity contribution in [1.29, 1.82) is 0 Å². The van der Waals surface area contributed by atoms with Gasteiger partial charge in [0.05, 0.1) is 0 Å². The Kier molecular flexibility index (Phi) is 3.25. The van der Waals surface area contributed by atoms with E-state index in [9.17, 15) is 0 Å². The van der Waals surface area contributed by atoms with E-state index in [1.54, 1.807) is 6.33 Å². The maximum absolute atomic E-state index is 4.58. The summed E-state index contributed by atoms with van der Waals surface area (Å²) in [7, 11) is 2.18. The Morgan fingerprint density at radius 1 is 1.14 bits per heavy atom. The molecule has 0 unspecified atom stereocenters. The predicted octanol–water partition coefficient (Wildman–Crippen LogP) is 4.19. The van der Waals surface area contributed by atoms with E-state index in [-0.39, 0.29) is 0 Å². The van der Waals surface area contributed by atoms with Crippen molar-refractivity contribution in [2.45, 2.75) is 45.1 Å². The van der Waals surface area contributed by atoms with E-state index in [0.717, 1.165) is 22.4 Å². The molecule has 3 aromatic rings. The first-order valence-corrected chi connectivity index (χ1v) is 8.20. The quantitative estimate of drug-likeness (QED) is 0.771. The normalized spacial score (nSPS) is 16.5. The first-order chi connectivity index (χ1) is 10.7. The summed E-state index contributed by atoms with van der Waals surface area (Å²) in [5.74, 6) is 1.03. The molecule has 0 aliphatic heterocycles. The van der Waals surface area contributed by atoms with Crippen molar-refractivity contribution < 1.29 is 0 Å². The first kappa shape index (κ1) is 13.6. The van der Waals surface area contributed by atoms with Crippen molar-refractivity contribution in [2.75, 3.05) is 11.9 Å². The van der Waals surface area contributed by atoms with E-state index >= 15 is 0 Å². The number of H-pyrrole nitrogens is 1. The van der Waals surface area contributed by atoms with E-state index in [2.05, 4.69) is 52.0 Å². The molecule has 4 nitrogen and oxygen atoms in total. The molecule has 1 saturated carbocycles. The molecule has 1 aliphatic rings. The number of aromatic amines is 1. The molecule has 0 bridgehead atoms. The second kappa shape index (κ2) is 5.27. The summed E-state index contributed by atoms with van der Waals surface area (Å²) in [6.45, 7) is 2.12. The lowest BCUT2D eigenvalue weighted by atomic mass is 9.94. The van der Waals surface area contributed by atoms with Gasteiger partial charge >= 0.3 is 0 Å². The molecule has 1 N–H and O–H groups in total. The maximum Gasteiger partial charge on any atom is 0.156 e. The van der Waals surface area contributed by atoms with Crippen LogP contribution in [0.25, 0.3) is 21.9 Å². The summed E-state index contributed by atoms with van der Waals surface area (Å²) < 4.78 is 0. The van der Waals surface area contributed by atoms with Crippen molar-refractivity contribution in [3.05, 3.63) is 30.1 Å². The Morgan fingerprint density at radius 3 is 2.77 bits per heavy atom. The summed E-state index contributed by atoms with van der Waals surface area (Å²) in [4.78, 5) is 15.0. The number of aryl methyl sites for hydroxylation is 1. The van der Waals surface area contributed by atoms with E-state index in [0.29, 0.717) is 6.04 Å². The van der Waals surface area contributed by atoms with Crippen LogP contribution in [0.3, 0.4) is 0 Å². The van der Waals surface area contributed by atoms with Crippen molar-refractivity contribution in [3.8, 4) is 0 Å². The highest BCUT2D eigenvalue weighted by molar-refractivity contribution is 6.08. The minimum absolute atomic E-state index is 0.597. The highest BCUT2D eigenvalue weighted by Crippen LogP contribution is 2.32. The molecular formula is C18H22N4. The van der Waals surface area contributed by atoms with Gasteiger partial charge in [-0.1, -0.05) is 30.9 Å². The van der Waals surface area contributed by atoms with Crippen LogP contribution in [0.1, 0.15) is 37.7 Å². The summed E-state index contributed by atoms with van der Waals surface area (Å²) in [6.07, 6.45) is 8.26. The number of hydrogen-bond acceptors (Lipinski definition) is 3. The van der Waals surface area contributed by atoms with Crippen LogP contribution in [-0.2, 0) is 0 Å². The summed E-state index contributed by atoms with van der Waals surface area (Å²) in [5, 5.41) is 1.19. The van der Waals surface area contributed by atoms with Crippen molar-refractivity contribution in [1.82, 2.24) is 15.0 Å². The van der Waals surface area contributed by atoms with E-state index in [1.807, 2.05) is 0 Å². The topological polar surface area (TPSA) is 44.8 Å². The van der Waals surface area contributed by atoms with Gasteiger partial charge in [-0.3, -0.25) is 0 Å². The highest BCUT2D eigenvalue weighted by atomic mass is 15.2. The third-order valence-electron chi connectivity index (χ3n) is 4.97. The largest absolute Gasteiger partial charge is 0.355 e. The number of nitrogens with one attached hydrogen (secondary N) is 1. The smallest absolute Gasteiger partial charge is 0.156 e. The summed E-state index contributed by atoms with van der Waals surface area (Å²) in [6, 6.07) is 7.07. The average molecular weight is 294 g/mol. The molecule has 114 valence electrons. The van der Waals surface area contributed by atoms with Crippen LogP contribution in [0.4, 0.5) is 5.82 Å². The van der Waals surface area contributed by atoms with Crippen LogP contribution < -0.4 is 4.90 Å². The van der Waals surface area contributed by atoms with E-state index in [1.165, 1.54) is 43.1 Å². The number of benzene rings is 1. The van der Waals surface area contributed by atoms with Crippen LogP contribution in [-0.4, -0.2) is 28.0 Å². The standard InChI is InChI=1S/C18H22N4/c1-12-8-9-15-14(10-12)16-17(21-15)18(20-11-19-16)22(2)13-6-4-3-5-7-13/h8-11,13,21H,3-7H2,1-2H3. The Labute approximate surface area is 130 Å². The molecule has 0 radical (unpaired) electrons. The Hall–Kier alpha value is -2.10. The molecular weight excluding hydrogens is 272 g/mol. The first-order valence-electron chi connectivity index (χ1n) is 8.20. The molecule has 1 fully saturated rings. The third kappa shape index (κ3) is 2.14. The lowest BCUT2D eigenvalue weighted by Crippen LogP contribution is -2.34. The van der Waals surface area contributed by atoms with Gasteiger partial charge < -0.3 is 9.88 Å². The van der Waals surface area contributed by atoms with Gasteiger partial charge in [-0.25, -0.2) is 9.97 Å². The zero-order valence-electron chi connectivity index (χ0n) is 13.3. The van der Waals surface area contributed by atoms with Gasteiger partial charge in [0.2, 0.25) is 0 Å². The molecule has 0 saturated heterocycles. The Morgan fingerprint density at radius 2 is 1.95 bits per heavy atom. The molecule has 2 heterocycles. The van der Waals surface area contributed by atoms with Gasteiger partial charge in [-0.2, -0.15) is 0 Å². The third-order valence-corrected chi connectivity index (χ3v) is 4.97. The molecule has 1 aromatic carbocycles. The molecule has 1 aliphatic carbocycles. The number of hydrogen-bond donors (Lipinski definition) is 1. The number of nitrogens with zero attached hydrogens (tertiary/aromatic N) is 3. The predicted molar refractivity (Wildman–Crippen MR) is 91.4 cm³/mol. The van der Waals surface area contributed by atoms with Gasteiger partial charge in [0.25, 0.3) is 0 Å². The Balaban J connectivity index is 1.85. The number of anilines is 1. The van der Waals surface area contributed by atoms with Crippen molar-refractivity contribution >= 4 is 27.8 Å². The lowest BCUT2D eigenvalue weighted by molar-refractivity contribution is 0.426. The zero-order valence-corrected chi connectivity index (χ0v) is 13.3. The lowest BCUT2D eigenvalue weighted by Gasteiger charge is -2.32. The highest BCUT2D eigenvalue weighted by Gasteiger charge is 2.22. The second-order valence-electron chi connectivity index (χ2n) is 6.50. The van der Waals surface area contributed by atoms with Crippen LogP contribution in [0.15, 0.2) is 24.5 Å². The van der Waals surface area contributed by atoms with Gasteiger partial charge in [-0.05, 0) is 31.9 Å². The number of fused-ring (bicyclic) bond motifs is 3. The van der Waals surface area contributed by atoms with Gasteiger partial charge in [0.1, 0.15) is 17.4 Å². The number of aromatic nitrogens is 3. The SMILES string of the molecule is Cc1ccc2[nH]c3c(N(C)C4CCCCC4)ncnc3c2c1. The average Bonchev–Trinajstić information content (AvgIpc) is 2.93. The van der Waals surface area contributed by atoms with E-state index in [4.69, 9.17) is 0 Å².